The first kappa shape index (κ1) is 17.4. The minimum absolute atomic E-state index is 0.0856. The number of hydrogen-bond donors (Lipinski definition) is 2. The first-order valence-corrected chi connectivity index (χ1v) is 7.68. The Bertz CT molecular complexity index is 595. The van der Waals surface area contributed by atoms with Gasteiger partial charge in [-0.3, -0.25) is 9.69 Å². The fraction of sp³-hybridized carbons (Fsp3) is 0.529. The summed E-state index contributed by atoms with van der Waals surface area (Å²) in [6.45, 7) is 2.07. The maximum Gasteiger partial charge on any atom is 0.235 e. The number of nitrogens with zero attached hydrogens (tertiary/aromatic N) is 2. The summed E-state index contributed by atoms with van der Waals surface area (Å²) in [5, 5.41) is 22.2. The summed E-state index contributed by atoms with van der Waals surface area (Å²) in [5.41, 5.74) is -0.216. The van der Waals surface area contributed by atoms with Gasteiger partial charge in [0, 0.05) is 6.54 Å². The van der Waals surface area contributed by atoms with Crippen LogP contribution in [0.2, 0.25) is 0 Å². The molecule has 0 aromatic heterocycles. The lowest BCUT2D eigenvalue weighted by molar-refractivity contribution is -0.123. The second-order valence-electron chi connectivity index (χ2n) is 6.40. The Morgan fingerprint density at radius 1 is 1.52 bits per heavy atom. The smallest absolute Gasteiger partial charge is 0.235 e. The maximum atomic E-state index is 12.9. The molecule has 0 bridgehead atoms. The van der Waals surface area contributed by atoms with Crippen LogP contribution in [0.3, 0.4) is 0 Å². The molecule has 0 radical (unpaired) electrons. The Balaban J connectivity index is 1.84. The SMILES string of the molecule is CN(CC(=O)N[C@@](C)(C#N)C1CC1)C[C@H](O)c1ccc(F)cc1. The van der Waals surface area contributed by atoms with Crippen LogP contribution in [0.1, 0.15) is 31.4 Å². The third kappa shape index (κ3) is 4.75. The summed E-state index contributed by atoms with van der Waals surface area (Å²) in [7, 11) is 1.72. The zero-order valence-electron chi connectivity index (χ0n) is 13.4. The second kappa shape index (κ2) is 7.07. The fourth-order valence-electron chi connectivity index (χ4n) is 2.61. The minimum Gasteiger partial charge on any atom is -0.387 e. The molecule has 1 aromatic carbocycles. The summed E-state index contributed by atoms with van der Waals surface area (Å²) >= 11 is 0. The van der Waals surface area contributed by atoms with Crippen LogP contribution in [0.4, 0.5) is 4.39 Å². The van der Waals surface area contributed by atoms with E-state index in [1.165, 1.54) is 24.3 Å². The van der Waals surface area contributed by atoms with Gasteiger partial charge in [0.25, 0.3) is 0 Å². The number of halogens is 1. The Kier molecular flexibility index (Phi) is 5.34. The molecule has 1 aliphatic rings. The lowest BCUT2D eigenvalue weighted by atomic mass is 9.98. The van der Waals surface area contributed by atoms with Gasteiger partial charge in [0.15, 0.2) is 0 Å². The molecule has 0 spiro atoms. The summed E-state index contributed by atoms with van der Waals surface area (Å²) in [5.74, 6) is -0.370. The number of carbonyl (C=O) groups excluding carboxylic acids is 1. The third-order valence-corrected chi connectivity index (χ3v) is 4.18. The molecule has 1 amide bonds. The number of aliphatic hydroxyl groups excluding tert-OH is 1. The molecule has 124 valence electrons. The van der Waals surface area contributed by atoms with Crippen molar-refractivity contribution in [2.45, 2.75) is 31.4 Å². The highest BCUT2D eigenvalue weighted by Gasteiger charge is 2.43. The molecule has 2 rings (SSSR count). The molecule has 1 aliphatic carbocycles. The van der Waals surface area contributed by atoms with Crippen LogP contribution < -0.4 is 5.32 Å². The van der Waals surface area contributed by atoms with Crippen LogP contribution in [0.15, 0.2) is 24.3 Å². The van der Waals surface area contributed by atoms with Gasteiger partial charge >= 0.3 is 0 Å². The van der Waals surface area contributed by atoms with Crippen molar-refractivity contribution >= 4 is 5.91 Å². The van der Waals surface area contributed by atoms with Crippen LogP contribution >= 0.6 is 0 Å². The van der Waals surface area contributed by atoms with E-state index in [0.717, 1.165) is 12.8 Å². The van der Waals surface area contributed by atoms with E-state index in [9.17, 15) is 19.6 Å². The highest BCUT2D eigenvalue weighted by Crippen LogP contribution is 2.39. The molecule has 2 atom stereocenters. The fourth-order valence-corrected chi connectivity index (χ4v) is 2.61. The van der Waals surface area contributed by atoms with Crippen molar-refractivity contribution in [2.75, 3.05) is 20.1 Å². The molecule has 0 aliphatic heterocycles. The van der Waals surface area contributed by atoms with Gasteiger partial charge in [0.2, 0.25) is 5.91 Å². The number of likely N-dealkylation sites (N-methyl/N-ethyl adjacent to an activating group) is 1. The van der Waals surface area contributed by atoms with E-state index in [1.807, 2.05) is 0 Å². The van der Waals surface area contributed by atoms with Gasteiger partial charge < -0.3 is 10.4 Å². The van der Waals surface area contributed by atoms with Crippen LogP contribution in [0.25, 0.3) is 0 Å². The third-order valence-electron chi connectivity index (χ3n) is 4.18. The number of amides is 1. The van der Waals surface area contributed by atoms with E-state index in [4.69, 9.17) is 0 Å². The predicted molar refractivity (Wildman–Crippen MR) is 83.7 cm³/mol. The lowest BCUT2D eigenvalue weighted by Crippen LogP contribution is -2.50. The van der Waals surface area contributed by atoms with E-state index in [0.29, 0.717) is 5.56 Å². The van der Waals surface area contributed by atoms with Crippen LogP contribution in [0, 0.1) is 23.1 Å². The number of benzene rings is 1. The topological polar surface area (TPSA) is 76.4 Å². The van der Waals surface area contributed by atoms with Crippen molar-refractivity contribution in [1.82, 2.24) is 10.2 Å². The number of carbonyl (C=O) groups is 1. The molecule has 2 N–H and O–H groups in total. The monoisotopic (exact) mass is 319 g/mol. The highest BCUT2D eigenvalue weighted by molar-refractivity contribution is 5.79. The summed E-state index contributed by atoms with van der Waals surface area (Å²) in [6, 6.07) is 7.81. The van der Waals surface area contributed by atoms with Crippen molar-refractivity contribution in [3.63, 3.8) is 0 Å². The first-order chi connectivity index (χ1) is 10.8. The van der Waals surface area contributed by atoms with Crippen molar-refractivity contribution in [3.05, 3.63) is 35.6 Å². The Hall–Kier alpha value is -1.97. The van der Waals surface area contributed by atoms with Gasteiger partial charge in [-0.2, -0.15) is 5.26 Å². The molecule has 0 saturated heterocycles. The van der Waals surface area contributed by atoms with Crippen molar-refractivity contribution in [1.29, 1.82) is 5.26 Å². The van der Waals surface area contributed by atoms with E-state index >= 15 is 0 Å². The van der Waals surface area contributed by atoms with Gasteiger partial charge in [0.1, 0.15) is 11.4 Å². The number of hydrogen-bond acceptors (Lipinski definition) is 4. The summed E-state index contributed by atoms with van der Waals surface area (Å²) in [6.07, 6.45) is 1.12. The maximum absolute atomic E-state index is 12.9. The average molecular weight is 319 g/mol. The Morgan fingerprint density at radius 3 is 2.65 bits per heavy atom. The van der Waals surface area contributed by atoms with Crippen LogP contribution in [-0.2, 0) is 4.79 Å². The van der Waals surface area contributed by atoms with Gasteiger partial charge in [0.05, 0.1) is 18.7 Å². The second-order valence-corrected chi connectivity index (χ2v) is 6.40. The Morgan fingerprint density at radius 2 is 2.13 bits per heavy atom. The number of rotatable bonds is 7. The largest absolute Gasteiger partial charge is 0.387 e. The number of nitrogens with one attached hydrogen (secondary N) is 1. The number of nitriles is 1. The highest BCUT2D eigenvalue weighted by atomic mass is 19.1. The van der Waals surface area contributed by atoms with Gasteiger partial charge in [-0.15, -0.1) is 0 Å². The van der Waals surface area contributed by atoms with E-state index in [2.05, 4.69) is 11.4 Å². The molecule has 6 heteroatoms. The van der Waals surface area contributed by atoms with Crippen molar-refractivity contribution < 1.29 is 14.3 Å². The molecular formula is C17H22FN3O2. The molecule has 1 fully saturated rings. The standard InChI is InChI=1S/C17H22FN3O2/c1-17(11-19,13-5-6-13)20-16(23)10-21(2)9-15(22)12-3-7-14(18)8-4-12/h3-4,7-8,13,15,22H,5-6,9-10H2,1-2H3,(H,20,23)/t15-,17-/m0/s1. The summed E-state index contributed by atoms with van der Waals surface area (Å²) in [4.78, 5) is 13.8. The zero-order chi connectivity index (χ0) is 17.0. The predicted octanol–water partition coefficient (Wildman–Crippen LogP) is 1.60. The average Bonchev–Trinajstić information content (AvgIpc) is 3.32. The van der Waals surface area contributed by atoms with Gasteiger partial charge in [-0.05, 0) is 50.4 Å². The van der Waals surface area contributed by atoms with Gasteiger partial charge in [-0.1, -0.05) is 12.1 Å². The van der Waals surface area contributed by atoms with E-state index in [-0.39, 0.29) is 30.7 Å². The quantitative estimate of drug-likeness (QED) is 0.800. The first-order valence-electron chi connectivity index (χ1n) is 7.68. The van der Waals surface area contributed by atoms with Crippen LogP contribution in [0.5, 0.6) is 0 Å². The normalized spacial score (nSPS) is 18.1. The number of aliphatic hydroxyl groups is 1. The van der Waals surface area contributed by atoms with E-state index < -0.39 is 11.6 Å². The molecule has 0 unspecified atom stereocenters. The molecular weight excluding hydrogens is 297 g/mol. The molecule has 1 aromatic rings. The molecule has 0 heterocycles. The van der Waals surface area contributed by atoms with Gasteiger partial charge in [-0.25, -0.2) is 4.39 Å². The Labute approximate surface area is 135 Å². The summed E-state index contributed by atoms with van der Waals surface area (Å²) < 4.78 is 12.9. The molecule has 23 heavy (non-hydrogen) atoms. The van der Waals surface area contributed by atoms with Crippen molar-refractivity contribution in [3.8, 4) is 6.07 Å². The molecule has 1 saturated carbocycles. The lowest BCUT2D eigenvalue weighted by Gasteiger charge is -2.25. The van der Waals surface area contributed by atoms with Crippen LogP contribution in [-0.4, -0.2) is 41.6 Å². The molecule has 5 nitrogen and oxygen atoms in total. The van der Waals surface area contributed by atoms with E-state index in [1.54, 1.807) is 18.9 Å². The minimum atomic E-state index is -0.812. The zero-order valence-corrected chi connectivity index (χ0v) is 13.4. The van der Waals surface area contributed by atoms with Crippen molar-refractivity contribution in [2.24, 2.45) is 5.92 Å².